The van der Waals surface area contributed by atoms with Crippen LogP contribution >= 0.6 is 11.3 Å². The van der Waals surface area contributed by atoms with E-state index in [9.17, 15) is 18.3 Å². The monoisotopic (exact) mass is 423 g/mol. The van der Waals surface area contributed by atoms with Gasteiger partial charge >= 0.3 is 0 Å². The highest BCUT2D eigenvalue weighted by Gasteiger charge is 2.33. The van der Waals surface area contributed by atoms with Crippen LogP contribution in [0.1, 0.15) is 45.7 Å². The van der Waals surface area contributed by atoms with Gasteiger partial charge in [-0.15, -0.1) is 11.3 Å². The average molecular weight is 424 g/mol. The molecule has 1 fully saturated rings. The summed E-state index contributed by atoms with van der Waals surface area (Å²) in [5, 5.41) is 10.9. The van der Waals surface area contributed by atoms with Crippen molar-refractivity contribution < 1.29 is 18.3 Å². The molecule has 0 aliphatic carbocycles. The van der Waals surface area contributed by atoms with Gasteiger partial charge in [0.25, 0.3) is 5.91 Å². The van der Waals surface area contributed by atoms with Crippen molar-refractivity contribution >= 4 is 27.3 Å². The number of sulfonamides is 1. The molecule has 2 aromatic rings. The summed E-state index contributed by atoms with van der Waals surface area (Å²) in [4.78, 5) is 19.5. The molecule has 1 aliphatic rings. The predicted octanol–water partition coefficient (Wildman–Crippen LogP) is 2.74. The number of hydrogen-bond acceptors (Lipinski definition) is 6. The third-order valence-corrected chi connectivity index (χ3v) is 8.13. The maximum absolute atomic E-state index is 12.9. The molecule has 0 radical (unpaired) electrons. The molecule has 1 aliphatic heterocycles. The van der Waals surface area contributed by atoms with Crippen molar-refractivity contribution in [2.24, 2.45) is 0 Å². The molecule has 0 bridgehead atoms. The van der Waals surface area contributed by atoms with E-state index in [0.29, 0.717) is 18.0 Å². The Morgan fingerprint density at radius 1 is 1.18 bits per heavy atom. The van der Waals surface area contributed by atoms with Crippen LogP contribution < -0.4 is 0 Å². The van der Waals surface area contributed by atoms with Crippen LogP contribution in [0.3, 0.4) is 0 Å². The predicted molar refractivity (Wildman–Crippen MR) is 108 cm³/mol. The van der Waals surface area contributed by atoms with E-state index in [1.807, 2.05) is 20.8 Å². The number of nitrogens with zero attached hydrogens (tertiary/aromatic N) is 3. The lowest BCUT2D eigenvalue weighted by atomic mass is 10.2. The minimum atomic E-state index is -3.81. The van der Waals surface area contributed by atoms with E-state index < -0.39 is 10.0 Å². The van der Waals surface area contributed by atoms with Gasteiger partial charge in [0.05, 0.1) is 10.7 Å². The first-order valence-corrected chi connectivity index (χ1v) is 11.4. The highest BCUT2D eigenvalue weighted by atomic mass is 32.2. The number of phenolic OH excluding ortho intramolecular Hbond substituents is 1. The molecule has 0 atom stereocenters. The average Bonchev–Trinajstić information content (AvgIpc) is 3.05. The molecular formula is C19H25N3O4S2. The lowest BCUT2D eigenvalue weighted by Gasteiger charge is -2.34. The summed E-state index contributed by atoms with van der Waals surface area (Å²) in [5.74, 6) is -0.0998. The Balaban J connectivity index is 1.74. The molecule has 1 saturated heterocycles. The van der Waals surface area contributed by atoms with E-state index in [-0.39, 0.29) is 35.6 Å². The lowest BCUT2D eigenvalue weighted by molar-refractivity contribution is 0.0701. The number of benzene rings is 1. The van der Waals surface area contributed by atoms with Crippen LogP contribution in [0.4, 0.5) is 0 Å². The maximum atomic E-state index is 12.9. The van der Waals surface area contributed by atoms with Crippen molar-refractivity contribution in [3.8, 4) is 5.75 Å². The second-order valence-electron chi connectivity index (χ2n) is 7.29. The molecule has 0 unspecified atom stereocenters. The van der Waals surface area contributed by atoms with Gasteiger partial charge in [0.2, 0.25) is 10.0 Å². The molecule has 1 N–H and O–H groups in total. The normalized spacial score (nSPS) is 16.0. The number of carbonyl (C=O) groups is 1. The van der Waals surface area contributed by atoms with Crippen LogP contribution in [-0.4, -0.2) is 59.8 Å². The number of amides is 1. The third-order valence-electron chi connectivity index (χ3n) is 4.76. The first-order valence-electron chi connectivity index (χ1n) is 9.17. The van der Waals surface area contributed by atoms with Gasteiger partial charge in [-0.3, -0.25) is 4.79 Å². The molecule has 1 aromatic carbocycles. The van der Waals surface area contributed by atoms with Gasteiger partial charge < -0.3 is 10.0 Å². The fraction of sp³-hybridized carbons (Fsp3) is 0.474. The van der Waals surface area contributed by atoms with Crippen LogP contribution in [0.2, 0.25) is 0 Å². The van der Waals surface area contributed by atoms with E-state index in [1.165, 1.54) is 27.8 Å². The number of aryl methyl sites for hydroxylation is 2. The topological polar surface area (TPSA) is 90.8 Å². The van der Waals surface area contributed by atoms with Gasteiger partial charge in [0.1, 0.15) is 15.5 Å². The summed E-state index contributed by atoms with van der Waals surface area (Å²) in [6, 6.07) is 4.52. The van der Waals surface area contributed by atoms with Crippen molar-refractivity contribution in [3.05, 3.63) is 39.3 Å². The zero-order chi connectivity index (χ0) is 20.6. The minimum Gasteiger partial charge on any atom is -0.507 e. The molecule has 28 heavy (non-hydrogen) atoms. The van der Waals surface area contributed by atoms with E-state index >= 15 is 0 Å². The Labute approximate surface area is 169 Å². The first-order chi connectivity index (χ1) is 13.1. The Bertz CT molecular complexity index is 991. The standard InChI is InChI=1S/C19H25N3O4S2/c1-12(2)18-20-14(4)17(27-18)19(24)21-7-9-22(10-8-21)28(25,26)16-11-13(3)5-6-15(16)23/h5-6,11-12,23H,7-10H2,1-4H3. The van der Waals surface area contributed by atoms with Crippen LogP contribution in [-0.2, 0) is 10.0 Å². The number of phenols is 1. The van der Waals surface area contributed by atoms with Gasteiger partial charge in [-0.25, -0.2) is 13.4 Å². The lowest BCUT2D eigenvalue weighted by Crippen LogP contribution is -2.50. The van der Waals surface area contributed by atoms with Gasteiger partial charge in [0.15, 0.2) is 0 Å². The Hall–Kier alpha value is -1.97. The number of piperazine rings is 1. The molecule has 152 valence electrons. The zero-order valence-corrected chi connectivity index (χ0v) is 18.1. The number of thiazole rings is 1. The van der Waals surface area contributed by atoms with Gasteiger partial charge in [0, 0.05) is 32.1 Å². The maximum Gasteiger partial charge on any atom is 0.265 e. The van der Waals surface area contributed by atoms with Crippen LogP contribution in [0.15, 0.2) is 23.1 Å². The number of carbonyl (C=O) groups excluding carboxylic acids is 1. The largest absolute Gasteiger partial charge is 0.507 e. The first kappa shape index (κ1) is 20.8. The number of aromatic hydroxyl groups is 1. The molecule has 0 spiro atoms. The minimum absolute atomic E-state index is 0.0906. The van der Waals surface area contributed by atoms with Crippen molar-refractivity contribution in [2.45, 2.75) is 38.5 Å². The highest BCUT2D eigenvalue weighted by Crippen LogP contribution is 2.29. The molecule has 9 heteroatoms. The second kappa shape index (κ2) is 7.81. The van der Waals surface area contributed by atoms with Crippen LogP contribution in [0.25, 0.3) is 0 Å². The summed E-state index contributed by atoms with van der Waals surface area (Å²) in [7, 11) is -3.81. The molecular weight excluding hydrogens is 398 g/mol. The van der Waals surface area contributed by atoms with E-state index in [1.54, 1.807) is 17.9 Å². The van der Waals surface area contributed by atoms with Crippen LogP contribution in [0, 0.1) is 13.8 Å². The van der Waals surface area contributed by atoms with Crippen molar-refractivity contribution in [3.63, 3.8) is 0 Å². The fourth-order valence-corrected chi connectivity index (χ4v) is 5.73. The van der Waals surface area contributed by atoms with Gasteiger partial charge in [-0.1, -0.05) is 19.9 Å². The molecule has 0 saturated carbocycles. The molecule has 1 aromatic heterocycles. The van der Waals surface area contributed by atoms with Crippen molar-refractivity contribution in [2.75, 3.05) is 26.2 Å². The molecule has 2 heterocycles. The Morgan fingerprint density at radius 3 is 2.39 bits per heavy atom. The van der Waals surface area contributed by atoms with Gasteiger partial charge in [-0.2, -0.15) is 4.31 Å². The molecule has 1 amide bonds. The van der Waals surface area contributed by atoms with Gasteiger partial charge in [-0.05, 0) is 31.5 Å². The number of aromatic nitrogens is 1. The number of hydrogen-bond donors (Lipinski definition) is 1. The zero-order valence-electron chi connectivity index (χ0n) is 16.5. The second-order valence-corrected chi connectivity index (χ2v) is 10.2. The van der Waals surface area contributed by atoms with E-state index in [4.69, 9.17) is 0 Å². The quantitative estimate of drug-likeness (QED) is 0.817. The summed E-state index contributed by atoms with van der Waals surface area (Å²) >= 11 is 1.41. The highest BCUT2D eigenvalue weighted by molar-refractivity contribution is 7.89. The third kappa shape index (κ3) is 3.92. The van der Waals surface area contributed by atoms with Crippen LogP contribution in [0.5, 0.6) is 5.75 Å². The smallest absolute Gasteiger partial charge is 0.265 e. The van der Waals surface area contributed by atoms with Crippen molar-refractivity contribution in [1.29, 1.82) is 0 Å². The number of rotatable bonds is 4. The van der Waals surface area contributed by atoms with E-state index in [0.717, 1.165) is 16.3 Å². The SMILES string of the molecule is Cc1ccc(O)c(S(=O)(=O)N2CCN(C(=O)c3sc(C(C)C)nc3C)CC2)c1. The summed E-state index contributed by atoms with van der Waals surface area (Å²) in [6.07, 6.45) is 0. The molecule has 3 rings (SSSR count). The summed E-state index contributed by atoms with van der Waals surface area (Å²) in [5.41, 5.74) is 1.48. The Kier molecular flexibility index (Phi) is 5.79. The van der Waals surface area contributed by atoms with E-state index in [2.05, 4.69) is 4.98 Å². The Morgan fingerprint density at radius 2 is 1.82 bits per heavy atom. The van der Waals surface area contributed by atoms with Crippen molar-refractivity contribution in [1.82, 2.24) is 14.2 Å². The summed E-state index contributed by atoms with van der Waals surface area (Å²) in [6.45, 7) is 8.67. The summed E-state index contributed by atoms with van der Waals surface area (Å²) < 4.78 is 27.1. The fourth-order valence-electron chi connectivity index (χ4n) is 3.10. The molecule has 7 nitrogen and oxygen atoms in total.